The molecular formula is C11H15N5. The number of nitrogen functional groups attached to an aromatic ring is 1. The molecule has 16 heavy (non-hydrogen) atoms. The monoisotopic (exact) mass is 217 g/mol. The van der Waals surface area contributed by atoms with Crippen LogP contribution < -0.4 is 11.1 Å². The third-order valence-electron chi connectivity index (χ3n) is 2.41. The standard InChI is InChI=1S/C11H15N5/c1-7(9-3-5-13-6-4-9)14-11-10(12)15-8(2)16-11/h3-7,14H,12H2,1-2H3,(H,15,16). The van der Waals surface area contributed by atoms with E-state index >= 15 is 0 Å². The lowest BCUT2D eigenvalue weighted by molar-refractivity contribution is 0.873. The molecule has 0 aliphatic rings. The normalized spacial score (nSPS) is 12.4. The van der Waals surface area contributed by atoms with Crippen LogP contribution in [-0.2, 0) is 0 Å². The van der Waals surface area contributed by atoms with E-state index in [4.69, 9.17) is 5.73 Å². The summed E-state index contributed by atoms with van der Waals surface area (Å²) in [6, 6.07) is 4.08. The minimum atomic E-state index is 0.146. The van der Waals surface area contributed by atoms with Crippen LogP contribution in [0.5, 0.6) is 0 Å². The Kier molecular flexibility index (Phi) is 2.76. The van der Waals surface area contributed by atoms with Crippen molar-refractivity contribution in [3.05, 3.63) is 35.9 Å². The molecule has 0 aliphatic carbocycles. The third kappa shape index (κ3) is 2.13. The maximum Gasteiger partial charge on any atom is 0.169 e. The minimum absolute atomic E-state index is 0.146. The Labute approximate surface area is 94.1 Å². The Balaban J connectivity index is 2.14. The molecule has 5 heteroatoms. The number of aromatic nitrogens is 3. The summed E-state index contributed by atoms with van der Waals surface area (Å²) in [6.07, 6.45) is 3.54. The summed E-state index contributed by atoms with van der Waals surface area (Å²) in [7, 11) is 0. The molecule has 4 N–H and O–H groups in total. The number of aryl methyl sites for hydroxylation is 1. The van der Waals surface area contributed by atoms with Crippen LogP contribution in [0, 0.1) is 6.92 Å². The molecule has 2 heterocycles. The predicted molar refractivity (Wildman–Crippen MR) is 64.0 cm³/mol. The van der Waals surface area contributed by atoms with Crippen molar-refractivity contribution in [2.45, 2.75) is 19.9 Å². The fourth-order valence-electron chi connectivity index (χ4n) is 1.56. The van der Waals surface area contributed by atoms with E-state index in [0.29, 0.717) is 11.6 Å². The Bertz CT molecular complexity index is 462. The van der Waals surface area contributed by atoms with E-state index in [2.05, 4.69) is 27.2 Å². The number of nitrogens with one attached hydrogen (secondary N) is 2. The molecular weight excluding hydrogens is 202 g/mol. The van der Waals surface area contributed by atoms with Crippen LogP contribution in [0.1, 0.15) is 24.4 Å². The van der Waals surface area contributed by atoms with Crippen LogP contribution in [0.2, 0.25) is 0 Å². The van der Waals surface area contributed by atoms with Gasteiger partial charge >= 0.3 is 0 Å². The van der Waals surface area contributed by atoms with Crippen LogP contribution >= 0.6 is 0 Å². The average molecular weight is 217 g/mol. The van der Waals surface area contributed by atoms with Gasteiger partial charge in [0.2, 0.25) is 0 Å². The quantitative estimate of drug-likeness (QED) is 0.733. The molecule has 0 fully saturated rings. The lowest BCUT2D eigenvalue weighted by Gasteiger charge is -2.13. The van der Waals surface area contributed by atoms with Crippen LogP contribution in [0.25, 0.3) is 0 Å². The maximum atomic E-state index is 5.77. The predicted octanol–water partition coefficient (Wildman–Crippen LogP) is 1.87. The molecule has 1 atom stereocenters. The molecule has 0 amide bonds. The summed E-state index contributed by atoms with van der Waals surface area (Å²) in [6.45, 7) is 3.93. The van der Waals surface area contributed by atoms with Gasteiger partial charge in [-0.25, -0.2) is 4.98 Å². The molecule has 0 spiro atoms. The highest BCUT2D eigenvalue weighted by Crippen LogP contribution is 2.21. The maximum absolute atomic E-state index is 5.77. The third-order valence-corrected chi connectivity index (χ3v) is 2.41. The van der Waals surface area contributed by atoms with Crippen molar-refractivity contribution in [2.75, 3.05) is 11.1 Å². The van der Waals surface area contributed by atoms with Gasteiger partial charge in [-0.15, -0.1) is 0 Å². The van der Waals surface area contributed by atoms with Gasteiger partial charge < -0.3 is 16.0 Å². The van der Waals surface area contributed by atoms with E-state index in [1.165, 1.54) is 0 Å². The zero-order valence-electron chi connectivity index (χ0n) is 9.36. The number of rotatable bonds is 3. The molecule has 0 saturated heterocycles. The zero-order chi connectivity index (χ0) is 11.5. The van der Waals surface area contributed by atoms with Crippen molar-refractivity contribution in [2.24, 2.45) is 0 Å². The van der Waals surface area contributed by atoms with Gasteiger partial charge in [0.25, 0.3) is 0 Å². The Hall–Kier alpha value is -2.04. The molecule has 84 valence electrons. The highest BCUT2D eigenvalue weighted by atomic mass is 15.1. The van der Waals surface area contributed by atoms with Crippen LogP contribution in [0.3, 0.4) is 0 Å². The first kappa shape index (κ1) is 10.5. The molecule has 0 aliphatic heterocycles. The molecule has 0 aromatic carbocycles. The Morgan fingerprint density at radius 3 is 2.62 bits per heavy atom. The molecule has 0 saturated carbocycles. The first-order valence-corrected chi connectivity index (χ1v) is 5.15. The zero-order valence-corrected chi connectivity index (χ0v) is 9.36. The van der Waals surface area contributed by atoms with Gasteiger partial charge in [0.1, 0.15) is 11.6 Å². The number of imidazole rings is 1. The molecule has 0 radical (unpaired) electrons. The van der Waals surface area contributed by atoms with E-state index in [1.807, 2.05) is 19.1 Å². The van der Waals surface area contributed by atoms with Crippen molar-refractivity contribution >= 4 is 11.6 Å². The first-order valence-electron chi connectivity index (χ1n) is 5.15. The van der Waals surface area contributed by atoms with E-state index in [9.17, 15) is 0 Å². The van der Waals surface area contributed by atoms with E-state index < -0.39 is 0 Å². The van der Waals surface area contributed by atoms with Crippen molar-refractivity contribution in [3.63, 3.8) is 0 Å². The second kappa shape index (κ2) is 4.22. The number of anilines is 2. The fourth-order valence-corrected chi connectivity index (χ4v) is 1.56. The smallest absolute Gasteiger partial charge is 0.169 e. The molecule has 2 rings (SSSR count). The second-order valence-electron chi connectivity index (χ2n) is 3.73. The van der Waals surface area contributed by atoms with Gasteiger partial charge in [-0.05, 0) is 31.5 Å². The van der Waals surface area contributed by atoms with Gasteiger partial charge in [-0.3, -0.25) is 4.98 Å². The lowest BCUT2D eigenvalue weighted by Crippen LogP contribution is -2.08. The average Bonchev–Trinajstić information content (AvgIpc) is 2.59. The first-order chi connectivity index (χ1) is 7.66. The highest BCUT2D eigenvalue weighted by molar-refractivity contribution is 5.57. The lowest BCUT2D eigenvalue weighted by atomic mass is 10.1. The Morgan fingerprint density at radius 2 is 2.06 bits per heavy atom. The van der Waals surface area contributed by atoms with E-state index in [0.717, 1.165) is 11.4 Å². The van der Waals surface area contributed by atoms with Gasteiger partial charge in [-0.1, -0.05) is 0 Å². The van der Waals surface area contributed by atoms with Crippen LogP contribution in [0.4, 0.5) is 11.6 Å². The fraction of sp³-hybridized carbons (Fsp3) is 0.273. The summed E-state index contributed by atoms with van der Waals surface area (Å²) in [4.78, 5) is 11.2. The van der Waals surface area contributed by atoms with Gasteiger partial charge in [0.15, 0.2) is 5.82 Å². The number of hydrogen-bond donors (Lipinski definition) is 3. The topological polar surface area (TPSA) is 79.6 Å². The van der Waals surface area contributed by atoms with Crippen molar-refractivity contribution in [1.82, 2.24) is 15.0 Å². The molecule has 0 bridgehead atoms. The summed E-state index contributed by atoms with van der Waals surface area (Å²) >= 11 is 0. The summed E-state index contributed by atoms with van der Waals surface area (Å²) in [5.74, 6) is 2.07. The van der Waals surface area contributed by atoms with Crippen molar-refractivity contribution < 1.29 is 0 Å². The van der Waals surface area contributed by atoms with Crippen molar-refractivity contribution in [1.29, 1.82) is 0 Å². The largest absolute Gasteiger partial charge is 0.382 e. The summed E-state index contributed by atoms with van der Waals surface area (Å²) in [5, 5.41) is 3.25. The van der Waals surface area contributed by atoms with Crippen LogP contribution in [-0.4, -0.2) is 15.0 Å². The number of pyridine rings is 1. The molecule has 2 aromatic rings. The second-order valence-corrected chi connectivity index (χ2v) is 3.73. The number of nitrogens with zero attached hydrogens (tertiary/aromatic N) is 2. The summed E-state index contributed by atoms with van der Waals surface area (Å²) < 4.78 is 0. The van der Waals surface area contributed by atoms with Gasteiger partial charge in [0.05, 0.1) is 6.04 Å². The molecule has 2 aromatic heterocycles. The highest BCUT2D eigenvalue weighted by Gasteiger charge is 2.09. The Morgan fingerprint density at radius 1 is 1.38 bits per heavy atom. The summed E-state index contributed by atoms with van der Waals surface area (Å²) in [5.41, 5.74) is 6.92. The van der Waals surface area contributed by atoms with Crippen LogP contribution in [0.15, 0.2) is 24.5 Å². The number of H-pyrrole nitrogens is 1. The number of nitrogens with two attached hydrogens (primary N) is 1. The van der Waals surface area contributed by atoms with E-state index in [1.54, 1.807) is 12.4 Å². The number of hydrogen-bond acceptors (Lipinski definition) is 4. The number of aromatic amines is 1. The van der Waals surface area contributed by atoms with Gasteiger partial charge in [-0.2, -0.15) is 0 Å². The van der Waals surface area contributed by atoms with Crippen molar-refractivity contribution in [3.8, 4) is 0 Å². The SMILES string of the molecule is Cc1nc(NC(C)c2ccncc2)c(N)[nH]1. The molecule has 1 unspecified atom stereocenters. The van der Waals surface area contributed by atoms with E-state index in [-0.39, 0.29) is 6.04 Å². The molecule has 5 nitrogen and oxygen atoms in total. The van der Waals surface area contributed by atoms with Gasteiger partial charge in [0, 0.05) is 12.4 Å². The minimum Gasteiger partial charge on any atom is -0.382 e.